The van der Waals surface area contributed by atoms with Crippen molar-refractivity contribution in [1.29, 1.82) is 0 Å². The third-order valence-electron chi connectivity index (χ3n) is 2.24. The number of allylic oxidation sites excluding steroid dienone is 4. The molecule has 0 aliphatic rings. The summed E-state index contributed by atoms with van der Waals surface area (Å²) in [7, 11) is 0. The van der Waals surface area contributed by atoms with E-state index in [9.17, 15) is 0 Å². The lowest BCUT2D eigenvalue weighted by molar-refractivity contribution is 1.08. The molecule has 0 aliphatic heterocycles. The molecule has 0 atom stereocenters. The highest BCUT2D eigenvalue weighted by Crippen LogP contribution is 2.16. The quantitative estimate of drug-likeness (QED) is 0.515. The number of aliphatic imine (C=N–C) groups is 1. The normalized spacial score (nSPS) is 12.0. The van der Waals surface area contributed by atoms with Crippen molar-refractivity contribution in [2.45, 2.75) is 20.4 Å². The van der Waals surface area contributed by atoms with Crippen LogP contribution in [0, 0.1) is 0 Å². The molecule has 0 aromatic heterocycles. The highest BCUT2D eigenvalue weighted by Gasteiger charge is 1.96. The zero-order valence-electron chi connectivity index (χ0n) is 9.40. The third kappa shape index (κ3) is 3.21. The van der Waals surface area contributed by atoms with Gasteiger partial charge in [-0.2, -0.15) is 0 Å². The van der Waals surface area contributed by atoms with Crippen LogP contribution in [-0.2, 0) is 6.54 Å². The maximum Gasteiger partial charge on any atom is 0.0632 e. The van der Waals surface area contributed by atoms with Gasteiger partial charge in [-0.15, -0.1) is 0 Å². The van der Waals surface area contributed by atoms with Gasteiger partial charge in [-0.25, -0.2) is 0 Å². The summed E-state index contributed by atoms with van der Waals surface area (Å²) in [6.45, 7) is 8.25. The molecule has 1 aromatic rings. The van der Waals surface area contributed by atoms with Crippen LogP contribution in [0.1, 0.15) is 25.0 Å². The van der Waals surface area contributed by atoms with Crippen molar-refractivity contribution in [3.8, 4) is 0 Å². The van der Waals surface area contributed by atoms with Gasteiger partial charge in [-0.1, -0.05) is 42.5 Å². The van der Waals surface area contributed by atoms with E-state index in [0.717, 1.165) is 0 Å². The summed E-state index contributed by atoms with van der Waals surface area (Å²) >= 11 is 0. The van der Waals surface area contributed by atoms with Crippen LogP contribution >= 0.6 is 0 Å². The molecule has 0 heterocycles. The SMILES string of the molecule is C=NCc1ccc(C(/C=C\C)=C/C)cc1. The van der Waals surface area contributed by atoms with Gasteiger partial charge in [-0.05, 0) is 37.3 Å². The third-order valence-corrected chi connectivity index (χ3v) is 2.24. The Balaban J connectivity index is 2.92. The molecule has 1 nitrogen and oxygen atoms in total. The van der Waals surface area contributed by atoms with Crippen LogP contribution < -0.4 is 0 Å². The van der Waals surface area contributed by atoms with E-state index in [4.69, 9.17) is 0 Å². The van der Waals surface area contributed by atoms with Crippen molar-refractivity contribution in [2.24, 2.45) is 4.99 Å². The predicted octanol–water partition coefficient (Wildman–Crippen LogP) is 3.87. The van der Waals surface area contributed by atoms with Crippen LogP contribution in [0.5, 0.6) is 0 Å². The Labute approximate surface area is 91.9 Å². The van der Waals surface area contributed by atoms with Gasteiger partial charge in [0.05, 0.1) is 6.54 Å². The number of nitrogens with zero attached hydrogens (tertiary/aromatic N) is 1. The molecular formula is C14H17N. The summed E-state index contributed by atoms with van der Waals surface area (Å²) < 4.78 is 0. The fourth-order valence-corrected chi connectivity index (χ4v) is 1.47. The summed E-state index contributed by atoms with van der Waals surface area (Å²) in [4.78, 5) is 3.86. The first-order valence-corrected chi connectivity index (χ1v) is 5.12. The van der Waals surface area contributed by atoms with Crippen molar-refractivity contribution >= 4 is 12.3 Å². The molecule has 0 fully saturated rings. The molecule has 0 amide bonds. The standard InChI is InChI=1S/C14H17N/c1-4-6-13(5-2)14-9-7-12(8-10-14)11-15-3/h4-10H,3,11H2,1-2H3/b6-4-,13-5+. The minimum atomic E-state index is 0.690. The van der Waals surface area contributed by atoms with Gasteiger partial charge < -0.3 is 0 Å². The van der Waals surface area contributed by atoms with Gasteiger partial charge in [0.25, 0.3) is 0 Å². The largest absolute Gasteiger partial charge is 0.296 e. The van der Waals surface area contributed by atoms with E-state index in [2.05, 4.69) is 61.1 Å². The van der Waals surface area contributed by atoms with Crippen LogP contribution in [0.25, 0.3) is 5.57 Å². The number of benzene rings is 1. The Morgan fingerprint density at radius 1 is 1.27 bits per heavy atom. The first-order valence-electron chi connectivity index (χ1n) is 5.12. The fraction of sp³-hybridized carbons (Fsp3) is 0.214. The first kappa shape index (κ1) is 11.4. The molecule has 1 aromatic carbocycles. The van der Waals surface area contributed by atoms with E-state index in [-0.39, 0.29) is 0 Å². The lowest BCUT2D eigenvalue weighted by atomic mass is 10.0. The van der Waals surface area contributed by atoms with Crippen LogP contribution in [0.15, 0.2) is 47.5 Å². The monoisotopic (exact) mass is 199 g/mol. The second kappa shape index (κ2) is 5.97. The Bertz CT molecular complexity index is 369. The van der Waals surface area contributed by atoms with Crippen LogP contribution in [0.3, 0.4) is 0 Å². The van der Waals surface area contributed by atoms with Gasteiger partial charge in [0.2, 0.25) is 0 Å². The van der Waals surface area contributed by atoms with Crippen molar-refractivity contribution in [3.05, 3.63) is 53.6 Å². The smallest absolute Gasteiger partial charge is 0.0632 e. The molecule has 0 N–H and O–H groups in total. The second-order valence-electron chi connectivity index (χ2n) is 3.32. The molecule has 0 saturated heterocycles. The molecular weight excluding hydrogens is 182 g/mol. The molecule has 0 spiro atoms. The molecule has 15 heavy (non-hydrogen) atoms. The number of rotatable bonds is 4. The molecule has 1 heteroatoms. The van der Waals surface area contributed by atoms with E-state index in [1.165, 1.54) is 16.7 Å². The topological polar surface area (TPSA) is 12.4 Å². The van der Waals surface area contributed by atoms with Crippen molar-refractivity contribution in [3.63, 3.8) is 0 Å². The molecule has 0 bridgehead atoms. The van der Waals surface area contributed by atoms with Gasteiger partial charge >= 0.3 is 0 Å². The van der Waals surface area contributed by atoms with Crippen molar-refractivity contribution < 1.29 is 0 Å². The summed E-state index contributed by atoms with van der Waals surface area (Å²) in [5.74, 6) is 0. The summed E-state index contributed by atoms with van der Waals surface area (Å²) in [6, 6.07) is 8.43. The van der Waals surface area contributed by atoms with Gasteiger partial charge in [0.15, 0.2) is 0 Å². The highest BCUT2D eigenvalue weighted by molar-refractivity contribution is 5.73. The first-order chi connectivity index (χ1) is 7.31. The summed E-state index contributed by atoms with van der Waals surface area (Å²) in [5.41, 5.74) is 3.68. The van der Waals surface area contributed by atoms with E-state index >= 15 is 0 Å². The zero-order chi connectivity index (χ0) is 11.1. The molecule has 0 aliphatic carbocycles. The van der Waals surface area contributed by atoms with Crippen molar-refractivity contribution in [1.82, 2.24) is 0 Å². The average Bonchev–Trinajstić information content (AvgIpc) is 2.28. The van der Waals surface area contributed by atoms with E-state index < -0.39 is 0 Å². The Morgan fingerprint density at radius 2 is 1.93 bits per heavy atom. The summed E-state index contributed by atoms with van der Waals surface area (Å²) in [6.07, 6.45) is 6.27. The van der Waals surface area contributed by atoms with E-state index in [1.807, 2.05) is 6.92 Å². The second-order valence-corrected chi connectivity index (χ2v) is 3.32. The van der Waals surface area contributed by atoms with Crippen molar-refractivity contribution in [2.75, 3.05) is 0 Å². The van der Waals surface area contributed by atoms with Gasteiger partial charge in [0, 0.05) is 0 Å². The molecule has 0 saturated carbocycles. The summed E-state index contributed by atoms with van der Waals surface area (Å²) in [5, 5.41) is 0. The number of hydrogen-bond donors (Lipinski definition) is 0. The molecule has 0 radical (unpaired) electrons. The Kier molecular flexibility index (Phi) is 4.55. The highest BCUT2D eigenvalue weighted by atomic mass is 14.7. The lowest BCUT2D eigenvalue weighted by Crippen LogP contribution is -1.84. The average molecular weight is 199 g/mol. The lowest BCUT2D eigenvalue weighted by Gasteiger charge is -2.03. The minimum absolute atomic E-state index is 0.690. The van der Waals surface area contributed by atoms with E-state index in [0.29, 0.717) is 6.54 Å². The molecule has 0 unspecified atom stereocenters. The molecule has 78 valence electrons. The fourth-order valence-electron chi connectivity index (χ4n) is 1.47. The van der Waals surface area contributed by atoms with Crippen LogP contribution in [0.4, 0.5) is 0 Å². The maximum atomic E-state index is 3.86. The Hall–Kier alpha value is -1.63. The number of hydrogen-bond acceptors (Lipinski definition) is 1. The minimum Gasteiger partial charge on any atom is -0.296 e. The van der Waals surface area contributed by atoms with Crippen LogP contribution in [-0.4, -0.2) is 6.72 Å². The van der Waals surface area contributed by atoms with Gasteiger partial charge in [-0.3, -0.25) is 4.99 Å². The predicted molar refractivity (Wildman–Crippen MR) is 68.2 cm³/mol. The molecule has 1 rings (SSSR count). The zero-order valence-corrected chi connectivity index (χ0v) is 9.40. The van der Waals surface area contributed by atoms with E-state index in [1.54, 1.807) is 0 Å². The maximum absolute atomic E-state index is 3.86. The van der Waals surface area contributed by atoms with Gasteiger partial charge in [0.1, 0.15) is 0 Å². The Morgan fingerprint density at radius 3 is 2.40 bits per heavy atom. The van der Waals surface area contributed by atoms with Crippen LogP contribution in [0.2, 0.25) is 0 Å².